The quantitative estimate of drug-likeness (QED) is 0.809. The Balaban J connectivity index is 2.36. The van der Waals surface area contributed by atoms with E-state index in [0.717, 1.165) is 11.3 Å². The van der Waals surface area contributed by atoms with Crippen LogP contribution in [-0.4, -0.2) is 20.0 Å². The van der Waals surface area contributed by atoms with E-state index in [1.54, 1.807) is 6.33 Å². The Hall–Kier alpha value is -1.51. The van der Waals surface area contributed by atoms with Crippen molar-refractivity contribution in [2.75, 3.05) is 0 Å². The van der Waals surface area contributed by atoms with Crippen LogP contribution in [0.2, 0.25) is 5.02 Å². The lowest BCUT2D eigenvalue weighted by Crippen LogP contribution is -1.99. The van der Waals surface area contributed by atoms with E-state index in [9.17, 15) is 0 Å². The minimum atomic E-state index is -0.172. The molecule has 0 radical (unpaired) electrons. The number of benzene rings is 1. The van der Waals surface area contributed by atoms with Gasteiger partial charge in [-0.2, -0.15) is 5.26 Å². The van der Waals surface area contributed by atoms with Gasteiger partial charge in [0.2, 0.25) is 0 Å². The second-order valence-electron chi connectivity index (χ2n) is 3.81. The number of halogens is 1. The third-order valence-corrected chi connectivity index (χ3v) is 3.77. The molecule has 0 saturated heterocycles. The fourth-order valence-corrected chi connectivity index (χ4v) is 2.30. The summed E-state index contributed by atoms with van der Waals surface area (Å²) in [5, 5.41) is 17.9. The van der Waals surface area contributed by atoms with Crippen molar-refractivity contribution in [1.82, 2.24) is 14.8 Å². The number of nitrogens with zero attached hydrogens (tertiary/aromatic N) is 4. The molecule has 2 rings (SSSR count). The van der Waals surface area contributed by atoms with E-state index in [1.165, 1.54) is 11.8 Å². The van der Waals surface area contributed by atoms with Crippen LogP contribution < -0.4 is 0 Å². The van der Waals surface area contributed by atoms with Crippen LogP contribution in [0.3, 0.4) is 0 Å². The molecule has 18 heavy (non-hydrogen) atoms. The minimum absolute atomic E-state index is 0.172. The summed E-state index contributed by atoms with van der Waals surface area (Å²) >= 11 is 7.47. The Kier molecular flexibility index (Phi) is 3.90. The van der Waals surface area contributed by atoms with Gasteiger partial charge in [-0.3, -0.25) is 4.57 Å². The fourth-order valence-electron chi connectivity index (χ4n) is 1.40. The van der Waals surface area contributed by atoms with Crippen LogP contribution in [-0.2, 0) is 0 Å². The summed E-state index contributed by atoms with van der Waals surface area (Å²) in [6.07, 6.45) is 1.62. The third-order valence-electron chi connectivity index (χ3n) is 2.41. The maximum absolute atomic E-state index is 8.83. The van der Waals surface area contributed by atoms with Crippen LogP contribution in [0, 0.1) is 18.3 Å². The van der Waals surface area contributed by atoms with Crippen LogP contribution >= 0.6 is 23.4 Å². The van der Waals surface area contributed by atoms with Gasteiger partial charge in [-0.15, -0.1) is 10.2 Å². The zero-order chi connectivity index (χ0) is 13.1. The van der Waals surface area contributed by atoms with Crippen molar-refractivity contribution in [2.24, 2.45) is 0 Å². The normalized spacial score (nSPS) is 12.1. The lowest BCUT2D eigenvalue weighted by atomic mass is 10.2. The Morgan fingerprint density at radius 1 is 1.50 bits per heavy atom. The Bertz CT molecular complexity index is 602. The van der Waals surface area contributed by atoms with Crippen molar-refractivity contribution in [2.45, 2.75) is 24.3 Å². The highest BCUT2D eigenvalue weighted by atomic mass is 35.5. The van der Waals surface area contributed by atoms with Gasteiger partial charge in [0.1, 0.15) is 6.33 Å². The summed E-state index contributed by atoms with van der Waals surface area (Å²) in [4.78, 5) is 0. The molecule has 0 bridgehead atoms. The maximum atomic E-state index is 8.83. The number of rotatable bonds is 3. The first-order chi connectivity index (χ1) is 8.61. The fraction of sp³-hybridized carbons (Fsp3) is 0.250. The number of hydrogen-bond acceptors (Lipinski definition) is 4. The van der Waals surface area contributed by atoms with Gasteiger partial charge in [-0.25, -0.2) is 0 Å². The summed E-state index contributed by atoms with van der Waals surface area (Å²) in [5.41, 5.74) is 1.91. The standard InChI is InChI=1S/C12H11ClN4S/c1-8-3-4-10(5-11(8)13)17-7-15-16-12(17)18-9(2)6-14/h3-5,7,9H,1-2H3. The van der Waals surface area contributed by atoms with E-state index in [1.807, 2.05) is 36.6 Å². The summed E-state index contributed by atoms with van der Waals surface area (Å²) in [7, 11) is 0. The molecule has 0 spiro atoms. The zero-order valence-electron chi connectivity index (χ0n) is 9.96. The van der Waals surface area contributed by atoms with Crippen LogP contribution in [0.25, 0.3) is 5.69 Å². The van der Waals surface area contributed by atoms with E-state index in [2.05, 4.69) is 16.3 Å². The molecule has 0 aliphatic heterocycles. The van der Waals surface area contributed by atoms with Gasteiger partial charge < -0.3 is 0 Å². The minimum Gasteiger partial charge on any atom is -0.277 e. The van der Waals surface area contributed by atoms with E-state index in [4.69, 9.17) is 16.9 Å². The molecule has 0 aliphatic rings. The van der Waals surface area contributed by atoms with Crippen LogP contribution in [0.4, 0.5) is 0 Å². The molecule has 2 aromatic rings. The molecule has 4 nitrogen and oxygen atoms in total. The van der Waals surface area contributed by atoms with Crippen molar-refractivity contribution in [3.05, 3.63) is 35.1 Å². The molecular weight excluding hydrogens is 268 g/mol. The first-order valence-electron chi connectivity index (χ1n) is 5.34. The van der Waals surface area contributed by atoms with Crippen molar-refractivity contribution in [3.63, 3.8) is 0 Å². The van der Waals surface area contributed by atoms with Gasteiger partial charge in [-0.05, 0) is 31.5 Å². The molecule has 0 N–H and O–H groups in total. The van der Waals surface area contributed by atoms with Gasteiger partial charge in [0.25, 0.3) is 0 Å². The first-order valence-corrected chi connectivity index (χ1v) is 6.60. The number of nitriles is 1. The van der Waals surface area contributed by atoms with Crippen LogP contribution in [0.1, 0.15) is 12.5 Å². The van der Waals surface area contributed by atoms with Gasteiger partial charge in [0, 0.05) is 5.02 Å². The van der Waals surface area contributed by atoms with Crippen molar-refractivity contribution < 1.29 is 0 Å². The van der Waals surface area contributed by atoms with E-state index in [-0.39, 0.29) is 5.25 Å². The van der Waals surface area contributed by atoms with Gasteiger partial charge in [0.15, 0.2) is 5.16 Å². The molecule has 1 unspecified atom stereocenters. The second kappa shape index (κ2) is 5.42. The lowest BCUT2D eigenvalue weighted by Gasteiger charge is -2.08. The maximum Gasteiger partial charge on any atom is 0.196 e. The SMILES string of the molecule is Cc1ccc(-n2cnnc2SC(C)C#N)cc1Cl. The van der Waals surface area contributed by atoms with Crippen molar-refractivity contribution in [1.29, 1.82) is 5.26 Å². The summed E-state index contributed by atoms with van der Waals surface area (Å²) in [5.74, 6) is 0. The Morgan fingerprint density at radius 2 is 2.28 bits per heavy atom. The Morgan fingerprint density at radius 3 is 2.94 bits per heavy atom. The molecule has 0 fully saturated rings. The average molecular weight is 279 g/mol. The predicted molar refractivity (Wildman–Crippen MR) is 72.0 cm³/mol. The second-order valence-corrected chi connectivity index (χ2v) is 5.52. The molecule has 1 atom stereocenters. The Labute approximate surface area is 115 Å². The van der Waals surface area contributed by atoms with Crippen LogP contribution in [0.15, 0.2) is 29.7 Å². The molecule has 1 heterocycles. The van der Waals surface area contributed by atoms with Crippen LogP contribution in [0.5, 0.6) is 0 Å². The third kappa shape index (κ3) is 2.66. The molecule has 0 amide bonds. The first kappa shape index (κ1) is 12.9. The monoisotopic (exact) mass is 278 g/mol. The molecule has 1 aromatic carbocycles. The van der Waals surface area contributed by atoms with Gasteiger partial charge in [-0.1, -0.05) is 29.4 Å². The highest BCUT2D eigenvalue weighted by molar-refractivity contribution is 8.00. The molecule has 0 aliphatic carbocycles. The number of aromatic nitrogens is 3. The van der Waals surface area contributed by atoms with Gasteiger partial charge >= 0.3 is 0 Å². The molecule has 6 heteroatoms. The zero-order valence-corrected chi connectivity index (χ0v) is 11.5. The topological polar surface area (TPSA) is 54.5 Å². The van der Waals surface area contributed by atoms with Gasteiger partial charge in [0.05, 0.1) is 17.0 Å². The molecule has 92 valence electrons. The summed E-state index contributed by atoms with van der Waals surface area (Å²) < 4.78 is 1.82. The largest absolute Gasteiger partial charge is 0.277 e. The number of aryl methyl sites for hydroxylation is 1. The smallest absolute Gasteiger partial charge is 0.196 e. The number of thioether (sulfide) groups is 1. The highest BCUT2D eigenvalue weighted by Crippen LogP contribution is 2.25. The van der Waals surface area contributed by atoms with Crippen molar-refractivity contribution >= 4 is 23.4 Å². The molecule has 1 aromatic heterocycles. The lowest BCUT2D eigenvalue weighted by molar-refractivity contribution is 0.881. The number of hydrogen-bond donors (Lipinski definition) is 0. The molecule has 0 saturated carbocycles. The van der Waals surface area contributed by atoms with E-state index in [0.29, 0.717) is 10.2 Å². The predicted octanol–water partition coefficient (Wildman–Crippen LogP) is 3.23. The van der Waals surface area contributed by atoms with Crippen molar-refractivity contribution in [3.8, 4) is 11.8 Å². The molecular formula is C12H11ClN4S. The average Bonchev–Trinajstić information content (AvgIpc) is 2.80. The van der Waals surface area contributed by atoms with E-state index < -0.39 is 0 Å². The highest BCUT2D eigenvalue weighted by Gasteiger charge is 2.11. The summed E-state index contributed by atoms with van der Waals surface area (Å²) in [6, 6.07) is 7.91. The summed E-state index contributed by atoms with van der Waals surface area (Å²) in [6.45, 7) is 3.78. The van der Waals surface area contributed by atoms with E-state index >= 15 is 0 Å².